The highest BCUT2D eigenvalue weighted by atomic mass is 14.3. The first-order valence-corrected chi connectivity index (χ1v) is 30.4. The molecule has 10 aromatic rings. The molecule has 0 nitrogen and oxygen atoms in total. The van der Waals surface area contributed by atoms with E-state index in [0.29, 0.717) is 5.92 Å². The first-order chi connectivity index (χ1) is 41.3. The van der Waals surface area contributed by atoms with E-state index in [9.17, 15) is 0 Å². The molecule has 10 aromatic carbocycles. The van der Waals surface area contributed by atoms with Gasteiger partial charge in [0.05, 0.1) is 0 Å². The van der Waals surface area contributed by atoms with Crippen molar-refractivity contribution in [3.8, 4) is 33.4 Å². The Kier molecular flexibility index (Phi) is 20.2. The Morgan fingerprint density at radius 3 is 1.70 bits per heavy atom. The molecule has 0 fully saturated rings. The summed E-state index contributed by atoms with van der Waals surface area (Å²) in [6.45, 7) is 13.2. The molecule has 0 amide bonds. The van der Waals surface area contributed by atoms with Gasteiger partial charge in [0.15, 0.2) is 0 Å². The standard InChI is InChI=1S/C71H68.C13H12/c1-5-67(62-29-15-9-16-30-62)69-48-36-57(50-70(69)68-32-19-18-23-54(68)4)49-56-34-38-59(39-35-56)61-42-46-64(47-43-61)71(63-44-40-60(41-45-63)58-27-13-8-14-28-58)66-37-33-53(3)65(51-66)31-17-6-10-21-52(2)22-20-26-55-24-11-7-12-25-55;1-11-7-9-13(10-8-11)12-5-3-2-4-6-12/h6-19,21,23-25,27-30,32-40,42-44,46-48,50-51,67,71H,2,5,20,22,26,31,41,45,49H2,1,3-4H3;2-10H,1H3/b17-6-,21-10-;. The maximum absolute atomic E-state index is 4.32. The molecule has 1 aliphatic rings. The predicted molar refractivity (Wildman–Crippen MR) is 362 cm³/mol. The molecule has 0 N–H and O–H groups in total. The Labute approximate surface area is 502 Å². The summed E-state index contributed by atoms with van der Waals surface area (Å²) >= 11 is 0. The number of benzene rings is 10. The lowest BCUT2D eigenvalue weighted by Gasteiger charge is -2.26. The number of rotatable bonds is 20. The van der Waals surface area contributed by atoms with Gasteiger partial charge in [0.2, 0.25) is 0 Å². The van der Waals surface area contributed by atoms with Crippen LogP contribution >= 0.6 is 0 Å². The zero-order valence-electron chi connectivity index (χ0n) is 49.7. The van der Waals surface area contributed by atoms with E-state index in [2.05, 4.69) is 319 Å². The van der Waals surface area contributed by atoms with Crippen LogP contribution in [0.1, 0.15) is 118 Å². The van der Waals surface area contributed by atoms with Crippen LogP contribution in [0.25, 0.3) is 39.0 Å². The highest BCUT2D eigenvalue weighted by Crippen LogP contribution is 2.41. The summed E-state index contributed by atoms with van der Waals surface area (Å²) in [4.78, 5) is 0. The van der Waals surface area contributed by atoms with Crippen LogP contribution in [0.15, 0.2) is 309 Å². The second-order valence-electron chi connectivity index (χ2n) is 22.7. The van der Waals surface area contributed by atoms with Crippen molar-refractivity contribution in [2.75, 3.05) is 0 Å². The summed E-state index contributed by atoms with van der Waals surface area (Å²) in [5, 5.41) is 0. The molecule has 0 saturated carbocycles. The fourth-order valence-corrected chi connectivity index (χ4v) is 12.0. The Bertz CT molecular complexity index is 3830. The number of aryl methyl sites for hydroxylation is 4. The van der Waals surface area contributed by atoms with Gasteiger partial charge >= 0.3 is 0 Å². The Balaban J connectivity index is 0.000000530. The van der Waals surface area contributed by atoms with Crippen molar-refractivity contribution in [1.82, 2.24) is 0 Å². The van der Waals surface area contributed by atoms with Crippen LogP contribution in [0, 0.1) is 20.8 Å². The van der Waals surface area contributed by atoms with E-state index in [-0.39, 0.29) is 5.92 Å². The van der Waals surface area contributed by atoms with Gasteiger partial charge in [-0.05, 0) is 172 Å². The molecule has 0 saturated heterocycles. The summed E-state index contributed by atoms with van der Waals surface area (Å²) in [7, 11) is 0. The summed E-state index contributed by atoms with van der Waals surface area (Å²) in [5.41, 5.74) is 27.9. The van der Waals surface area contributed by atoms with E-state index in [1.54, 1.807) is 0 Å². The summed E-state index contributed by atoms with van der Waals surface area (Å²) in [6.07, 6.45) is 21.7. The third-order valence-electron chi connectivity index (χ3n) is 16.8. The SMILES string of the molecule is C=C(/C=C\C=C/Cc1cc(C(C2=CC=C(c3ccccc3)CC2)c2ccc(-c3ccc(Cc4ccc(C(CC)c5ccccc5)c(-c5ccccc5C)c4)cc3)cc2)ccc1C)CCCc1ccccc1.Cc1ccc(-c2ccccc2)cc1. The van der Waals surface area contributed by atoms with E-state index in [1.165, 1.54) is 117 Å². The van der Waals surface area contributed by atoms with Crippen molar-refractivity contribution < 1.29 is 0 Å². The lowest BCUT2D eigenvalue weighted by molar-refractivity contribution is 0.778. The molecule has 84 heavy (non-hydrogen) atoms. The topological polar surface area (TPSA) is 0 Å². The zero-order chi connectivity index (χ0) is 57.9. The normalized spacial score (nSPS) is 13.0. The Hall–Kier alpha value is -9.10. The molecule has 0 spiro atoms. The molecule has 0 bridgehead atoms. The molecule has 416 valence electrons. The largest absolute Gasteiger partial charge is 0.0958 e. The second-order valence-corrected chi connectivity index (χ2v) is 22.7. The van der Waals surface area contributed by atoms with Gasteiger partial charge in [-0.15, -0.1) is 0 Å². The molecule has 2 unspecified atom stereocenters. The third-order valence-corrected chi connectivity index (χ3v) is 16.8. The third kappa shape index (κ3) is 15.5. The molecule has 11 rings (SSSR count). The van der Waals surface area contributed by atoms with Crippen molar-refractivity contribution in [3.63, 3.8) is 0 Å². The van der Waals surface area contributed by atoms with E-state index in [4.69, 9.17) is 0 Å². The maximum Gasteiger partial charge on any atom is 0.0302 e. The molecular formula is C84H80. The Morgan fingerprint density at radius 1 is 0.464 bits per heavy atom. The molecule has 0 aromatic heterocycles. The van der Waals surface area contributed by atoms with E-state index in [1.807, 2.05) is 6.07 Å². The van der Waals surface area contributed by atoms with Gasteiger partial charge in [-0.1, -0.05) is 321 Å². The van der Waals surface area contributed by atoms with Gasteiger partial charge in [-0.3, -0.25) is 0 Å². The van der Waals surface area contributed by atoms with Crippen LogP contribution in [0.3, 0.4) is 0 Å². The Morgan fingerprint density at radius 2 is 1.05 bits per heavy atom. The zero-order valence-corrected chi connectivity index (χ0v) is 49.7. The van der Waals surface area contributed by atoms with E-state index >= 15 is 0 Å². The smallest absolute Gasteiger partial charge is 0.0302 e. The van der Waals surface area contributed by atoms with Crippen LogP contribution < -0.4 is 0 Å². The monoisotopic (exact) mass is 1090 g/mol. The van der Waals surface area contributed by atoms with Crippen LogP contribution in [-0.4, -0.2) is 0 Å². The molecule has 2 atom stereocenters. The van der Waals surface area contributed by atoms with E-state index < -0.39 is 0 Å². The molecule has 0 heteroatoms. The van der Waals surface area contributed by atoms with Crippen molar-refractivity contribution in [2.24, 2.45) is 0 Å². The van der Waals surface area contributed by atoms with Gasteiger partial charge in [-0.2, -0.15) is 0 Å². The fourth-order valence-electron chi connectivity index (χ4n) is 12.0. The van der Waals surface area contributed by atoms with Crippen molar-refractivity contribution in [2.45, 2.75) is 90.9 Å². The first kappa shape index (κ1) is 58.1. The average Bonchev–Trinajstić information content (AvgIpc) is 2.83. The van der Waals surface area contributed by atoms with Crippen LogP contribution in [0.2, 0.25) is 0 Å². The van der Waals surface area contributed by atoms with Gasteiger partial charge < -0.3 is 0 Å². The number of hydrogen-bond donors (Lipinski definition) is 0. The van der Waals surface area contributed by atoms with Gasteiger partial charge in [0, 0.05) is 11.8 Å². The van der Waals surface area contributed by atoms with Crippen molar-refractivity contribution >= 4 is 5.57 Å². The minimum absolute atomic E-state index is 0.165. The second kappa shape index (κ2) is 29.2. The molecule has 0 heterocycles. The summed E-state index contributed by atoms with van der Waals surface area (Å²) in [5.74, 6) is 0.505. The average molecular weight is 1090 g/mol. The van der Waals surface area contributed by atoms with Crippen molar-refractivity contribution in [1.29, 1.82) is 0 Å². The minimum Gasteiger partial charge on any atom is -0.0958 e. The van der Waals surface area contributed by atoms with Gasteiger partial charge in [0.1, 0.15) is 0 Å². The molecule has 0 aliphatic heterocycles. The van der Waals surface area contributed by atoms with Crippen LogP contribution in [-0.2, 0) is 19.3 Å². The van der Waals surface area contributed by atoms with E-state index in [0.717, 1.165) is 51.4 Å². The van der Waals surface area contributed by atoms with Crippen LogP contribution in [0.4, 0.5) is 0 Å². The minimum atomic E-state index is 0.165. The molecule has 0 radical (unpaired) electrons. The quantitative estimate of drug-likeness (QED) is 0.0667. The number of hydrogen-bond acceptors (Lipinski definition) is 0. The summed E-state index contributed by atoms with van der Waals surface area (Å²) in [6, 6.07) is 93.4. The first-order valence-electron chi connectivity index (χ1n) is 30.4. The van der Waals surface area contributed by atoms with Crippen molar-refractivity contribution in [3.05, 3.63) is 376 Å². The maximum atomic E-state index is 4.32. The van der Waals surface area contributed by atoms with Crippen LogP contribution in [0.5, 0.6) is 0 Å². The highest BCUT2D eigenvalue weighted by Gasteiger charge is 2.23. The fraction of sp³-hybridized carbons (Fsp3) is 0.167. The predicted octanol–water partition coefficient (Wildman–Crippen LogP) is 22.6. The van der Waals surface area contributed by atoms with Gasteiger partial charge in [0.25, 0.3) is 0 Å². The molecular weight excluding hydrogens is 1010 g/mol. The molecule has 1 aliphatic carbocycles. The lowest BCUT2D eigenvalue weighted by atomic mass is 9.78. The highest BCUT2D eigenvalue weighted by molar-refractivity contribution is 5.74. The number of allylic oxidation sites excluding steroid dienone is 9. The summed E-state index contributed by atoms with van der Waals surface area (Å²) < 4.78 is 0. The van der Waals surface area contributed by atoms with Gasteiger partial charge in [-0.25, -0.2) is 0 Å². The lowest BCUT2D eigenvalue weighted by Crippen LogP contribution is -2.08.